The molecule has 0 radical (unpaired) electrons. The normalized spacial score (nSPS) is 11.6. The van der Waals surface area contributed by atoms with Gasteiger partial charge in [-0.05, 0) is 29.8 Å². The lowest BCUT2D eigenvalue weighted by atomic mass is 9.99. The number of rotatable bonds is 2. The molecule has 0 aliphatic rings. The molecule has 2 aromatic carbocycles. The molecule has 20 heavy (non-hydrogen) atoms. The summed E-state index contributed by atoms with van der Waals surface area (Å²) in [6, 6.07) is 9.27. The Labute approximate surface area is 122 Å². The highest BCUT2D eigenvalue weighted by Gasteiger charge is 2.31. The number of halogens is 4. The molecule has 2 rings (SSSR count). The molecular weight excluding hydrogens is 333 g/mol. The summed E-state index contributed by atoms with van der Waals surface area (Å²) in [5, 5.41) is 0. The van der Waals surface area contributed by atoms with Crippen LogP contribution in [-0.2, 0) is 12.6 Å². The van der Waals surface area contributed by atoms with Crippen LogP contribution in [0.15, 0.2) is 40.9 Å². The first kappa shape index (κ1) is 14.7. The van der Waals surface area contributed by atoms with Crippen molar-refractivity contribution in [2.24, 2.45) is 0 Å². The molecule has 0 amide bonds. The lowest BCUT2D eigenvalue weighted by Crippen LogP contribution is -2.09. The molecule has 0 atom stereocenters. The monoisotopic (exact) mass is 344 g/mol. The van der Waals surface area contributed by atoms with Crippen LogP contribution < -0.4 is 11.5 Å². The first-order valence-corrected chi connectivity index (χ1v) is 6.56. The van der Waals surface area contributed by atoms with Gasteiger partial charge >= 0.3 is 6.18 Å². The summed E-state index contributed by atoms with van der Waals surface area (Å²) in [6.45, 7) is 0. The maximum absolute atomic E-state index is 12.6. The summed E-state index contributed by atoms with van der Waals surface area (Å²) in [4.78, 5) is 0. The Hall–Kier alpha value is -1.69. The van der Waals surface area contributed by atoms with E-state index in [1.807, 2.05) is 24.3 Å². The van der Waals surface area contributed by atoms with Crippen LogP contribution in [0.2, 0.25) is 0 Å². The second-order valence-electron chi connectivity index (χ2n) is 4.43. The number of benzene rings is 2. The van der Waals surface area contributed by atoms with Crippen LogP contribution in [-0.4, -0.2) is 0 Å². The molecule has 0 spiro atoms. The Kier molecular flexibility index (Phi) is 3.94. The lowest BCUT2D eigenvalue weighted by Gasteiger charge is -2.14. The zero-order valence-electron chi connectivity index (χ0n) is 10.3. The van der Waals surface area contributed by atoms with Crippen LogP contribution in [0.1, 0.15) is 16.7 Å². The van der Waals surface area contributed by atoms with E-state index in [-0.39, 0.29) is 11.4 Å². The van der Waals surface area contributed by atoms with Gasteiger partial charge in [0.05, 0.1) is 5.56 Å². The van der Waals surface area contributed by atoms with Crippen molar-refractivity contribution in [3.8, 4) is 0 Å². The van der Waals surface area contributed by atoms with E-state index in [9.17, 15) is 13.2 Å². The van der Waals surface area contributed by atoms with Crippen molar-refractivity contribution in [2.75, 3.05) is 11.5 Å². The van der Waals surface area contributed by atoms with Crippen molar-refractivity contribution in [2.45, 2.75) is 12.6 Å². The molecule has 0 unspecified atom stereocenters. The van der Waals surface area contributed by atoms with Crippen molar-refractivity contribution >= 4 is 27.3 Å². The smallest absolute Gasteiger partial charge is 0.398 e. The first-order chi connectivity index (χ1) is 9.27. The average molecular weight is 345 g/mol. The fourth-order valence-corrected chi connectivity index (χ4v) is 2.16. The van der Waals surface area contributed by atoms with Gasteiger partial charge in [-0.3, -0.25) is 0 Å². The van der Waals surface area contributed by atoms with E-state index in [1.165, 1.54) is 0 Å². The number of nitrogen functional groups attached to an aromatic ring is 2. The van der Waals surface area contributed by atoms with Gasteiger partial charge in [0.25, 0.3) is 0 Å². The lowest BCUT2D eigenvalue weighted by molar-refractivity contribution is -0.137. The van der Waals surface area contributed by atoms with Gasteiger partial charge in [0.1, 0.15) is 0 Å². The van der Waals surface area contributed by atoms with Gasteiger partial charge in [0, 0.05) is 27.8 Å². The van der Waals surface area contributed by atoms with Gasteiger partial charge in [-0.2, -0.15) is 13.2 Å². The largest absolute Gasteiger partial charge is 0.416 e. The van der Waals surface area contributed by atoms with Crippen LogP contribution in [0.25, 0.3) is 0 Å². The summed E-state index contributed by atoms with van der Waals surface area (Å²) in [6.07, 6.45) is -4.05. The molecule has 0 aliphatic heterocycles. The zero-order valence-corrected chi connectivity index (χ0v) is 11.9. The SMILES string of the molecule is Nc1cc(C(F)(F)F)cc(N)c1Cc1ccc(Br)cc1. The Bertz CT molecular complexity index is 598. The summed E-state index contributed by atoms with van der Waals surface area (Å²) in [5.74, 6) is 0. The number of hydrogen-bond acceptors (Lipinski definition) is 2. The topological polar surface area (TPSA) is 52.0 Å². The maximum atomic E-state index is 12.6. The van der Waals surface area contributed by atoms with Crippen molar-refractivity contribution < 1.29 is 13.2 Å². The molecule has 2 nitrogen and oxygen atoms in total. The standard InChI is InChI=1S/C14H12BrF3N2/c15-10-3-1-8(2-4-10)5-11-12(19)6-9(7-13(11)20)14(16,17)18/h1-4,6-7H,5,19-20H2. The van der Waals surface area contributed by atoms with Crippen molar-refractivity contribution in [1.29, 1.82) is 0 Å². The summed E-state index contributed by atoms with van der Waals surface area (Å²) >= 11 is 3.32. The van der Waals surface area contributed by atoms with E-state index in [4.69, 9.17) is 11.5 Å². The minimum atomic E-state index is -4.45. The maximum Gasteiger partial charge on any atom is 0.416 e. The first-order valence-electron chi connectivity index (χ1n) is 5.77. The molecule has 0 heterocycles. The molecule has 4 N–H and O–H groups in total. The molecule has 0 fully saturated rings. The number of nitrogens with two attached hydrogens (primary N) is 2. The number of alkyl halides is 3. The van der Waals surface area contributed by atoms with Gasteiger partial charge in [-0.15, -0.1) is 0 Å². The Morgan fingerprint density at radius 2 is 1.45 bits per heavy atom. The van der Waals surface area contributed by atoms with E-state index in [0.717, 1.165) is 22.2 Å². The third kappa shape index (κ3) is 3.25. The summed E-state index contributed by atoms with van der Waals surface area (Å²) < 4.78 is 38.8. The average Bonchev–Trinajstić information content (AvgIpc) is 2.34. The third-order valence-corrected chi connectivity index (χ3v) is 3.47. The molecule has 106 valence electrons. The second-order valence-corrected chi connectivity index (χ2v) is 5.35. The molecule has 0 aliphatic carbocycles. The fraction of sp³-hybridized carbons (Fsp3) is 0.143. The van der Waals surface area contributed by atoms with Crippen LogP contribution >= 0.6 is 15.9 Å². The number of anilines is 2. The predicted molar refractivity (Wildman–Crippen MR) is 77.2 cm³/mol. The van der Waals surface area contributed by atoms with Gasteiger partial charge in [-0.25, -0.2) is 0 Å². The van der Waals surface area contributed by atoms with E-state index in [2.05, 4.69) is 15.9 Å². The highest BCUT2D eigenvalue weighted by molar-refractivity contribution is 9.10. The van der Waals surface area contributed by atoms with Crippen LogP contribution in [0.3, 0.4) is 0 Å². The Morgan fingerprint density at radius 3 is 1.90 bits per heavy atom. The fourth-order valence-electron chi connectivity index (χ4n) is 1.89. The zero-order chi connectivity index (χ0) is 14.9. The molecular formula is C14H12BrF3N2. The van der Waals surface area contributed by atoms with Crippen molar-refractivity contribution in [1.82, 2.24) is 0 Å². The van der Waals surface area contributed by atoms with Crippen LogP contribution in [0.5, 0.6) is 0 Å². The molecule has 0 saturated heterocycles. The second kappa shape index (κ2) is 5.36. The van der Waals surface area contributed by atoms with Gasteiger partial charge in [0.2, 0.25) is 0 Å². The van der Waals surface area contributed by atoms with E-state index in [0.29, 0.717) is 12.0 Å². The molecule has 0 saturated carbocycles. The highest BCUT2D eigenvalue weighted by atomic mass is 79.9. The van der Waals surface area contributed by atoms with Crippen molar-refractivity contribution in [3.05, 3.63) is 57.6 Å². The van der Waals surface area contributed by atoms with E-state index in [1.54, 1.807) is 0 Å². The van der Waals surface area contributed by atoms with Crippen LogP contribution in [0.4, 0.5) is 24.5 Å². The minimum absolute atomic E-state index is 0.0558. The van der Waals surface area contributed by atoms with E-state index < -0.39 is 11.7 Å². The molecule has 0 aromatic heterocycles. The Morgan fingerprint density at radius 1 is 0.950 bits per heavy atom. The summed E-state index contributed by atoms with van der Waals surface area (Å²) in [7, 11) is 0. The molecule has 0 bridgehead atoms. The third-order valence-electron chi connectivity index (χ3n) is 2.94. The van der Waals surface area contributed by atoms with Gasteiger partial charge in [0.15, 0.2) is 0 Å². The highest BCUT2D eigenvalue weighted by Crippen LogP contribution is 2.35. The van der Waals surface area contributed by atoms with Gasteiger partial charge < -0.3 is 11.5 Å². The quantitative estimate of drug-likeness (QED) is 0.801. The van der Waals surface area contributed by atoms with Gasteiger partial charge in [-0.1, -0.05) is 28.1 Å². The predicted octanol–water partition coefficient (Wildman–Crippen LogP) is 4.22. The van der Waals surface area contributed by atoms with Crippen molar-refractivity contribution in [3.63, 3.8) is 0 Å². The molecule has 2 aromatic rings. The van der Waals surface area contributed by atoms with Crippen LogP contribution in [0, 0.1) is 0 Å². The van der Waals surface area contributed by atoms with E-state index >= 15 is 0 Å². The molecule has 6 heteroatoms. The minimum Gasteiger partial charge on any atom is -0.398 e. The summed E-state index contributed by atoms with van der Waals surface area (Å²) in [5.41, 5.74) is 12.1. The number of hydrogen-bond donors (Lipinski definition) is 2. The Balaban J connectivity index is 2.36.